The number of aromatic nitrogens is 2. The minimum absolute atomic E-state index is 0.582. The largest absolute Gasteiger partial charge is 0.493 e. The van der Waals surface area contributed by atoms with Crippen molar-refractivity contribution in [3.05, 3.63) is 47.1 Å². The van der Waals surface area contributed by atoms with Crippen LogP contribution in [0.2, 0.25) is 0 Å². The number of carbonyl (C=O) groups is 1. The number of imidazole rings is 1. The van der Waals surface area contributed by atoms with Crippen LogP contribution in [-0.2, 0) is 4.79 Å². The molecule has 0 bridgehead atoms. The Morgan fingerprint density at radius 2 is 2.22 bits per heavy atom. The predicted molar refractivity (Wildman–Crippen MR) is 91.1 cm³/mol. The fourth-order valence-corrected chi connectivity index (χ4v) is 3.42. The van der Waals surface area contributed by atoms with Crippen LogP contribution in [0.4, 0.5) is 0 Å². The van der Waals surface area contributed by atoms with Gasteiger partial charge in [-0.3, -0.25) is 4.40 Å². The summed E-state index contributed by atoms with van der Waals surface area (Å²) < 4.78 is 7.68. The van der Waals surface area contributed by atoms with Gasteiger partial charge in [-0.1, -0.05) is 12.1 Å². The standard InChI is InChI=1S/C17H16N2O3S/c1-3-22-15-7-5-4-6-12(15)14-10-23-17-18-11(2)13(19(14)17)8-9-16(20)21/h4-10H,3H2,1-2H3,(H,20,21)/b9-8+. The van der Waals surface area contributed by atoms with Gasteiger partial charge >= 0.3 is 5.97 Å². The second-order valence-electron chi connectivity index (χ2n) is 4.92. The Hall–Kier alpha value is -2.60. The zero-order valence-corrected chi connectivity index (χ0v) is 13.6. The number of benzene rings is 1. The van der Waals surface area contributed by atoms with E-state index in [1.165, 1.54) is 11.3 Å². The summed E-state index contributed by atoms with van der Waals surface area (Å²) in [5.74, 6) is -0.180. The molecule has 0 unspecified atom stereocenters. The van der Waals surface area contributed by atoms with E-state index >= 15 is 0 Å². The third kappa shape index (κ3) is 2.85. The van der Waals surface area contributed by atoms with Gasteiger partial charge in [-0.05, 0) is 32.1 Å². The second-order valence-corrected chi connectivity index (χ2v) is 5.76. The molecule has 1 aromatic carbocycles. The Bertz CT molecular complexity index is 893. The first-order valence-corrected chi connectivity index (χ1v) is 8.09. The molecule has 0 saturated heterocycles. The number of nitrogens with zero attached hydrogens (tertiary/aromatic N) is 2. The molecule has 0 aliphatic rings. The molecular formula is C17H16N2O3S. The normalized spacial score (nSPS) is 11.4. The number of hydrogen-bond acceptors (Lipinski definition) is 4. The molecule has 1 N–H and O–H groups in total. The molecule has 0 atom stereocenters. The Balaban J connectivity index is 2.21. The number of carboxylic acid groups (broad SMARTS) is 1. The number of aliphatic carboxylic acids is 1. The van der Waals surface area contributed by atoms with E-state index in [1.807, 2.05) is 47.9 Å². The molecule has 118 valence electrons. The van der Waals surface area contributed by atoms with Crippen molar-refractivity contribution in [3.63, 3.8) is 0 Å². The smallest absolute Gasteiger partial charge is 0.328 e. The van der Waals surface area contributed by atoms with Gasteiger partial charge in [0.15, 0.2) is 4.96 Å². The lowest BCUT2D eigenvalue weighted by molar-refractivity contribution is -0.131. The number of rotatable bonds is 5. The highest BCUT2D eigenvalue weighted by Gasteiger charge is 2.16. The van der Waals surface area contributed by atoms with Crippen LogP contribution >= 0.6 is 11.3 Å². The highest BCUT2D eigenvalue weighted by Crippen LogP contribution is 2.34. The lowest BCUT2D eigenvalue weighted by Gasteiger charge is -2.10. The van der Waals surface area contributed by atoms with Crippen molar-refractivity contribution < 1.29 is 14.6 Å². The van der Waals surface area contributed by atoms with Gasteiger partial charge in [-0.25, -0.2) is 9.78 Å². The summed E-state index contributed by atoms with van der Waals surface area (Å²) in [6.45, 7) is 4.40. The number of aryl methyl sites for hydroxylation is 1. The summed E-state index contributed by atoms with van der Waals surface area (Å²) in [6, 6.07) is 7.81. The minimum atomic E-state index is -0.981. The maximum absolute atomic E-state index is 10.8. The molecule has 3 aromatic rings. The Labute approximate surface area is 137 Å². The summed E-state index contributed by atoms with van der Waals surface area (Å²) in [5.41, 5.74) is 3.47. The van der Waals surface area contributed by atoms with Gasteiger partial charge in [0.1, 0.15) is 5.75 Å². The highest BCUT2D eigenvalue weighted by atomic mass is 32.1. The van der Waals surface area contributed by atoms with Crippen LogP contribution in [0.25, 0.3) is 22.3 Å². The van der Waals surface area contributed by atoms with Crippen LogP contribution in [0.5, 0.6) is 5.75 Å². The van der Waals surface area contributed by atoms with Crippen molar-refractivity contribution in [2.75, 3.05) is 6.61 Å². The first kappa shape index (κ1) is 15.3. The minimum Gasteiger partial charge on any atom is -0.493 e. The van der Waals surface area contributed by atoms with Crippen LogP contribution in [0.3, 0.4) is 0 Å². The molecule has 0 saturated carbocycles. The van der Waals surface area contributed by atoms with Gasteiger partial charge in [0.2, 0.25) is 0 Å². The quantitative estimate of drug-likeness (QED) is 0.722. The first-order chi connectivity index (χ1) is 11.1. The second kappa shape index (κ2) is 6.26. The molecule has 6 heteroatoms. The van der Waals surface area contributed by atoms with Gasteiger partial charge in [0.05, 0.1) is 23.7 Å². The summed E-state index contributed by atoms with van der Waals surface area (Å²) >= 11 is 1.52. The van der Waals surface area contributed by atoms with Crippen molar-refractivity contribution in [3.8, 4) is 17.0 Å². The van der Waals surface area contributed by atoms with E-state index < -0.39 is 5.97 Å². The maximum Gasteiger partial charge on any atom is 0.328 e. The molecule has 0 radical (unpaired) electrons. The van der Waals surface area contributed by atoms with E-state index in [9.17, 15) is 4.79 Å². The Morgan fingerprint density at radius 3 is 2.96 bits per heavy atom. The van der Waals surface area contributed by atoms with E-state index in [0.29, 0.717) is 6.61 Å². The van der Waals surface area contributed by atoms with Crippen LogP contribution < -0.4 is 4.74 Å². The fraction of sp³-hybridized carbons (Fsp3) is 0.176. The van der Waals surface area contributed by atoms with Crippen LogP contribution in [0.15, 0.2) is 35.7 Å². The van der Waals surface area contributed by atoms with Crippen molar-refractivity contribution in [1.82, 2.24) is 9.38 Å². The number of hydrogen-bond donors (Lipinski definition) is 1. The molecule has 0 aliphatic carbocycles. The van der Waals surface area contributed by atoms with Gasteiger partial charge in [0, 0.05) is 17.0 Å². The third-order valence-electron chi connectivity index (χ3n) is 3.43. The number of carboxylic acids is 1. The molecule has 2 heterocycles. The highest BCUT2D eigenvalue weighted by molar-refractivity contribution is 7.15. The predicted octanol–water partition coefficient (Wildman–Crippen LogP) is 3.87. The van der Waals surface area contributed by atoms with E-state index in [-0.39, 0.29) is 0 Å². The Kier molecular flexibility index (Phi) is 4.16. The van der Waals surface area contributed by atoms with E-state index in [2.05, 4.69) is 4.98 Å². The summed E-state index contributed by atoms with van der Waals surface area (Å²) in [4.78, 5) is 16.2. The number of ether oxygens (including phenoxy) is 1. The van der Waals surface area contributed by atoms with Gasteiger partial charge in [-0.2, -0.15) is 0 Å². The lowest BCUT2D eigenvalue weighted by atomic mass is 10.1. The van der Waals surface area contributed by atoms with Crippen molar-refractivity contribution in [1.29, 1.82) is 0 Å². The summed E-state index contributed by atoms with van der Waals surface area (Å²) in [7, 11) is 0. The zero-order chi connectivity index (χ0) is 16.4. The van der Waals surface area contributed by atoms with Crippen LogP contribution in [0, 0.1) is 6.92 Å². The van der Waals surface area contributed by atoms with E-state index in [1.54, 1.807) is 6.08 Å². The molecular weight excluding hydrogens is 312 g/mol. The molecule has 3 rings (SSSR count). The summed E-state index contributed by atoms with van der Waals surface area (Å²) in [6.07, 6.45) is 2.71. The fourth-order valence-electron chi connectivity index (χ4n) is 2.48. The number of para-hydroxylation sites is 1. The van der Waals surface area contributed by atoms with Crippen molar-refractivity contribution in [2.45, 2.75) is 13.8 Å². The molecule has 0 amide bonds. The molecule has 0 aliphatic heterocycles. The van der Waals surface area contributed by atoms with Crippen LogP contribution in [-0.4, -0.2) is 27.1 Å². The van der Waals surface area contributed by atoms with Gasteiger partial charge < -0.3 is 9.84 Å². The van der Waals surface area contributed by atoms with Crippen LogP contribution in [0.1, 0.15) is 18.3 Å². The monoisotopic (exact) mass is 328 g/mol. The number of thiazole rings is 1. The maximum atomic E-state index is 10.8. The van der Waals surface area contributed by atoms with E-state index in [4.69, 9.17) is 9.84 Å². The van der Waals surface area contributed by atoms with Gasteiger partial charge in [-0.15, -0.1) is 11.3 Å². The molecule has 23 heavy (non-hydrogen) atoms. The lowest BCUT2D eigenvalue weighted by Crippen LogP contribution is -1.96. The number of fused-ring (bicyclic) bond motifs is 1. The van der Waals surface area contributed by atoms with Crippen molar-refractivity contribution in [2.24, 2.45) is 0 Å². The molecule has 0 fully saturated rings. The molecule has 2 aromatic heterocycles. The first-order valence-electron chi connectivity index (χ1n) is 7.21. The molecule has 0 spiro atoms. The Morgan fingerprint density at radius 1 is 1.43 bits per heavy atom. The average molecular weight is 328 g/mol. The molecule has 5 nitrogen and oxygen atoms in total. The van der Waals surface area contributed by atoms with Gasteiger partial charge in [0.25, 0.3) is 0 Å². The van der Waals surface area contributed by atoms with E-state index in [0.717, 1.165) is 39.4 Å². The average Bonchev–Trinajstić information content (AvgIpc) is 3.04. The zero-order valence-electron chi connectivity index (χ0n) is 12.8. The SMILES string of the molecule is CCOc1ccccc1-c1csc2nc(C)c(/C=C/C(=O)O)n12. The van der Waals surface area contributed by atoms with Crippen molar-refractivity contribution >= 4 is 28.3 Å². The topological polar surface area (TPSA) is 63.8 Å². The summed E-state index contributed by atoms with van der Waals surface area (Å²) in [5, 5.41) is 10.9. The third-order valence-corrected chi connectivity index (χ3v) is 4.26.